The second-order valence-corrected chi connectivity index (χ2v) is 6.30. The molecule has 2 aromatic rings. The Morgan fingerprint density at radius 2 is 1.84 bits per heavy atom. The Labute approximate surface area is 148 Å². The van der Waals surface area contributed by atoms with Crippen molar-refractivity contribution in [2.24, 2.45) is 5.73 Å². The summed E-state index contributed by atoms with van der Waals surface area (Å²) >= 11 is 0. The Morgan fingerprint density at radius 3 is 2.48 bits per heavy atom. The van der Waals surface area contributed by atoms with Gasteiger partial charge < -0.3 is 15.2 Å². The number of benzene rings is 2. The number of primary amides is 1. The van der Waals surface area contributed by atoms with E-state index in [-0.39, 0.29) is 0 Å². The molecular formula is C20H24N2O3. The minimum Gasteiger partial charge on any atom is -0.493 e. The number of rotatable bonds is 6. The van der Waals surface area contributed by atoms with E-state index in [0.29, 0.717) is 11.6 Å². The number of hydrogen-bond acceptors (Lipinski definition) is 4. The third kappa shape index (κ3) is 3.77. The zero-order valence-electron chi connectivity index (χ0n) is 14.7. The molecule has 1 aliphatic heterocycles. The van der Waals surface area contributed by atoms with Crippen molar-refractivity contribution in [1.29, 1.82) is 0 Å². The zero-order valence-corrected chi connectivity index (χ0v) is 14.7. The summed E-state index contributed by atoms with van der Waals surface area (Å²) in [6, 6.07) is 14.0. The Kier molecular flexibility index (Phi) is 5.24. The van der Waals surface area contributed by atoms with E-state index in [1.165, 1.54) is 17.5 Å². The van der Waals surface area contributed by atoms with E-state index in [0.717, 1.165) is 31.0 Å². The Morgan fingerprint density at radius 1 is 1.12 bits per heavy atom. The highest BCUT2D eigenvalue weighted by Crippen LogP contribution is 2.37. The first kappa shape index (κ1) is 17.3. The third-order valence-electron chi connectivity index (χ3n) is 4.78. The SMILES string of the molecule is COc1ccc(C2CCCN2Cc2ccc(C(N)=O)cc2)cc1OC. The van der Waals surface area contributed by atoms with Gasteiger partial charge in [-0.3, -0.25) is 9.69 Å². The summed E-state index contributed by atoms with van der Waals surface area (Å²) in [5.41, 5.74) is 8.27. The van der Waals surface area contributed by atoms with Crippen molar-refractivity contribution in [3.8, 4) is 11.5 Å². The van der Waals surface area contributed by atoms with Crippen LogP contribution in [0.5, 0.6) is 11.5 Å². The first-order valence-corrected chi connectivity index (χ1v) is 8.47. The van der Waals surface area contributed by atoms with Gasteiger partial charge in [0, 0.05) is 18.2 Å². The van der Waals surface area contributed by atoms with Gasteiger partial charge in [0.1, 0.15) is 0 Å². The molecule has 0 radical (unpaired) electrons. The van der Waals surface area contributed by atoms with Crippen LogP contribution in [0.25, 0.3) is 0 Å². The zero-order chi connectivity index (χ0) is 17.8. The molecule has 0 aromatic heterocycles. The number of methoxy groups -OCH3 is 2. The minimum atomic E-state index is -0.393. The summed E-state index contributed by atoms with van der Waals surface area (Å²) in [7, 11) is 3.31. The molecule has 1 unspecified atom stereocenters. The number of likely N-dealkylation sites (tertiary alicyclic amines) is 1. The van der Waals surface area contributed by atoms with Crippen LogP contribution in [0.3, 0.4) is 0 Å². The molecule has 3 rings (SSSR count). The topological polar surface area (TPSA) is 64.8 Å². The summed E-state index contributed by atoms with van der Waals surface area (Å²) in [4.78, 5) is 13.7. The number of nitrogens with two attached hydrogens (primary N) is 1. The van der Waals surface area contributed by atoms with Gasteiger partial charge in [-0.2, -0.15) is 0 Å². The first-order chi connectivity index (χ1) is 12.1. The molecule has 0 saturated carbocycles. The second-order valence-electron chi connectivity index (χ2n) is 6.30. The van der Waals surface area contributed by atoms with Crippen molar-refractivity contribution in [2.45, 2.75) is 25.4 Å². The summed E-state index contributed by atoms with van der Waals surface area (Å²) < 4.78 is 10.8. The molecule has 0 bridgehead atoms. The molecule has 1 atom stereocenters. The fraction of sp³-hybridized carbons (Fsp3) is 0.350. The minimum absolute atomic E-state index is 0.357. The summed E-state index contributed by atoms with van der Waals surface area (Å²) in [6.07, 6.45) is 2.28. The maximum atomic E-state index is 11.2. The number of hydrogen-bond donors (Lipinski definition) is 1. The molecule has 1 fully saturated rings. The fourth-order valence-electron chi connectivity index (χ4n) is 3.46. The van der Waals surface area contributed by atoms with Gasteiger partial charge in [0.15, 0.2) is 11.5 Å². The Bertz CT molecular complexity index is 743. The molecule has 1 amide bonds. The maximum absolute atomic E-state index is 11.2. The predicted octanol–water partition coefficient (Wildman–Crippen LogP) is 3.14. The van der Waals surface area contributed by atoms with Gasteiger partial charge in [-0.25, -0.2) is 0 Å². The molecule has 2 N–H and O–H groups in total. The summed E-state index contributed by atoms with van der Waals surface area (Å²) in [5.74, 6) is 1.12. The quantitative estimate of drug-likeness (QED) is 0.877. The number of carbonyl (C=O) groups is 1. The average Bonchev–Trinajstić information content (AvgIpc) is 3.09. The fourth-order valence-corrected chi connectivity index (χ4v) is 3.46. The van der Waals surface area contributed by atoms with Gasteiger partial charge in [-0.05, 0) is 54.8 Å². The van der Waals surface area contributed by atoms with Crippen molar-refractivity contribution in [2.75, 3.05) is 20.8 Å². The normalized spacial score (nSPS) is 17.4. The van der Waals surface area contributed by atoms with E-state index in [2.05, 4.69) is 17.0 Å². The van der Waals surface area contributed by atoms with Crippen molar-refractivity contribution in [1.82, 2.24) is 4.90 Å². The van der Waals surface area contributed by atoms with E-state index >= 15 is 0 Å². The molecule has 5 heteroatoms. The van der Waals surface area contributed by atoms with Crippen LogP contribution in [0, 0.1) is 0 Å². The molecule has 0 spiro atoms. The molecule has 25 heavy (non-hydrogen) atoms. The number of carbonyl (C=O) groups excluding carboxylic acids is 1. The standard InChI is InChI=1S/C20H24N2O3/c1-24-18-10-9-16(12-19(18)25-2)17-4-3-11-22(17)13-14-5-7-15(8-6-14)20(21)23/h5-10,12,17H,3-4,11,13H2,1-2H3,(H2,21,23). The van der Waals surface area contributed by atoms with E-state index in [1.54, 1.807) is 26.4 Å². The van der Waals surface area contributed by atoms with Crippen LogP contribution >= 0.6 is 0 Å². The lowest BCUT2D eigenvalue weighted by molar-refractivity contribution is 0.100. The van der Waals surface area contributed by atoms with Gasteiger partial charge in [-0.15, -0.1) is 0 Å². The number of amides is 1. The van der Waals surface area contributed by atoms with Crippen LogP contribution < -0.4 is 15.2 Å². The van der Waals surface area contributed by atoms with E-state index in [9.17, 15) is 4.79 Å². The largest absolute Gasteiger partial charge is 0.493 e. The molecule has 0 aliphatic carbocycles. The molecule has 5 nitrogen and oxygen atoms in total. The van der Waals surface area contributed by atoms with Crippen LogP contribution in [-0.4, -0.2) is 31.6 Å². The molecule has 132 valence electrons. The highest BCUT2D eigenvalue weighted by atomic mass is 16.5. The number of ether oxygens (including phenoxy) is 2. The highest BCUT2D eigenvalue weighted by molar-refractivity contribution is 5.92. The lowest BCUT2D eigenvalue weighted by Crippen LogP contribution is -2.23. The van der Waals surface area contributed by atoms with Crippen LogP contribution in [0.1, 0.15) is 40.4 Å². The van der Waals surface area contributed by atoms with Gasteiger partial charge in [-0.1, -0.05) is 18.2 Å². The Balaban J connectivity index is 1.77. The van der Waals surface area contributed by atoms with Crippen LogP contribution in [0.15, 0.2) is 42.5 Å². The van der Waals surface area contributed by atoms with Crippen LogP contribution in [-0.2, 0) is 6.54 Å². The Hall–Kier alpha value is -2.53. The molecular weight excluding hydrogens is 316 g/mol. The van der Waals surface area contributed by atoms with Crippen LogP contribution in [0.2, 0.25) is 0 Å². The van der Waals surface area contributed by atoms with Crippen LogP contribution in [0.4, 0.5) is 0 Å². The monoisotopic (exact) mass is 340 g/mol. The summed E-state index contributed by atoms with van der Waals surface area (Å²) in [5, 5.41) is 0. The summed E-state index contributed by atoms with van der Waals surface area (Å²) in [6.45, 7) is 1.90. The highest BCUT2D eigenvalue weighted by Gasteiger charge is 2.26. The first-order valence-electron chi connectivity index (χ1n) is 8.47. The van der Waals surface area contributed by atoms with Crippen molar-refractivity contribution >= 4 is 5.91 Å². The number of nitrogens with zero attached hydrogens (tertiary/aromatic N) is 1. The maximum Gasteiger partial charge on any atom is 0.248 e. The molecule has 2 aromatic carbocycles. The third-order valence-corrected chi connectivity index (χ3v) is 4.78. The van der Waals surface area contributed by atoms with Crippen molar-refractivity contribution in [3.05, 3.63) is 59.2 Å². The molecule has 1 heterocycles. The van der Waals surface area contributed by atoms with E-state index < -0.39 is 5.91 Å². The van der Waals surface area contributed by atoms with E-state index in [4.69, 9.17) is 15.2 Å². The van der Waals surface area contributed by atoms with Gasteiger partial charge >= 0.3 is 0 Å². The lowest BCUT2D eigenvalue weighted by atomic mass is 10.0. The molecule has 1 aliphatic rings. The predicted molar refractivity (Wildman–Crippen MR) is 96.9 cm³/mol. The van der Waals surface area contributed by atoms with Crippen molar-refractivity contribution in [3.63, 3.8) is 0 Å². The lowest BCUT2D eigenvalue weighted by Gasteiger charge is -2.25. The van der Waals surface area contributed by atoms with Crippen molar-refractivity contribution < 1.29 is 14.3 Å². The average molecular weight is 340 g/mol. The van der Waals surface area contributed by atoms with Gasteiger partial charge in [0.2, 0.25) is 5.91 Å². The second kappa shape index (κ2) is 7.57. The van der Waals surface area contributed by atoms with Gasteiger partial charge in [0.25, 0.3) is 0 Å². The van der Waals surface area contributed by atoms with Gasteiger partial charge in [0.05, 0.1) is 14.2 Å². The smallest absolute Gasteiger partial charge is 0.248 e. The van der Waals surface area contributed by atoms with E-state index in [1.807, 2.05) is 18.2 Å². The molecule has 1 saturated heterocycles.